The van der Waals surface area contributed by atoms with E-state index in [4.69, 9.17) is 17.0 Å². The Hall–Kier alpha value is -3.73. The molecule has 2 heterocycles. The van der Waals surface area contributed by atoms with Crippen molar-refractivity contribution in [1.82, 2.24) is 19.5 Å². The molecule has 0 amide bonds. The van der Waals surface area contributed by atoms with E-state index in [9.17, 15) is 19.5 Å². The number of hydrogen-bond acceptors (Lipinski definition) is 7. The standard InChI is InChI=1S/C16H13N5O5S/c1-26-9-4-2-8(3-5-9)21-14(24)10(12(22)20-16(21)27)6-17-11-7-18-15(25)19-13(11)23/h2-7,24H,1H3,(H,20,22,27)(H2,18,19,23,25). The zero-order valence-corrected chi connectivity index (χ0v) is 14.7. The molecule has 0 bridgehead atoms. The smallest absolute Gasteiger partial charge is 0.325 e. The number of H-pyrrole nitrogens is 3. The molecule has 0 fully saturated rings. The van der Waals surface area contributed by atoms with Gasteiger partial charge in [-0.05, 0) is 36.5 Å². The Morgan fingerprint density at radius 1 is 1.15 bits per heavy atom. The van der Waals surface area contributed by atoms with E-state index in [1.165, 1.54) is 11.7 Å². The Balaban J connectivity index is 2.12. The topological polar surface area (TPSA) is 145 Å². The lowest BCUT2D eigenvalue weighted by molar-refractivity contribution is 0.414. The minimum Gasteiger partial charge on any atom is -0.497 e. The number of methoxy groups -OCH3 is 1. The van der Waals surface area contributed by atoms with Crippen molar-refractivity contribution in [2.24, 2.45) is 4.99 Å². The number of aromatic hydroxyl groups is 1. The number of nitrogens with zero attached hydrogens (tertiary/aromatic N) is 2. The number of aliphatic imine (C=N–C) groups is 1. The summed E-state index contributed by atoms with van der Waals surface area (Å²) in [7, 11) is 1.52. The van der Waals surface area contributed by atoms with Crippen LogP contribution in [0.4, 0.5) is 5.69 Å². The Bertz CT molecular complexity index is 1250. The first kappa shape index (κ1) is 18.1. The SMILES string of the molecule is COc1ccc(-n2c(O)c(C=Nc3c[nH]c(=O)[nH]c3=O)c(=O)[nH]c2=S)cc1. The zero-order chi connectivity index (χ0) is 19.6. The van der Waals surface area contributed by atoms with Gasteiger partial charge >= 0.3 is 5.69 Å². The lowest BCUT2D eigenvalue weighted by Crippen LogP contribution is -2.21. The van der Waals surface area contributed by atoms with Crippen LogP contribution in [0.1, 0.15) is 5.56 Å². The summed E-state index contributed by atoms with van der Waals surface area (Å²) in [5.41, 5.74) is -2.00. The highest BCUT2D eigenvalue weighted by Crippen LogP contribution is 2.21. The van der Waals surface area contributed by atoms with Crippen LogP contribution in [-0.2, 0) is 0 Å². The van der Waals surface area contributed by atoms with Crippen LogP contribution < -0.4 is 21.5 Å². The van der Waals surface area contributed by atoms with E-state index in [-0.39, 0.29) is 16.0 Å². The van der Waals surface area contributed by atoms with Crippen LogP contribution in [0.15, 0.2) is 49.8 Å². The predicted molar refractivity (Wildman–Crippen MR) is 100 cm³/mol. The highest BCUT2D eigenvalue weighted by atomic mass is 32.1. The van der Waals surface area contributed by atoms with E-state index in [1.807, 2.05) is 4.98 Å². The van der Waals surface area contributed by atoms with Gasteiger partial charge in [0.05, 0.1) is 12.8 Å². The van der Waals surface area contributed by atoms with Gasteiger partial charge in [0.15, 0.2) is 4.77 Å². The molecule has 0 aliphatic rings. The molecule has 27 heavy (non-hydrogen) atoms. The van der Waals surface area contributed by atoms with Gasteiger partial charge in [0.1, 0.15) is 17.0 Å². The maximum absolute atomic E-state index is 12.2. The summed E-state index contributed by atoms with van der Waals surface area (Å²) in [6.07, 6.45) is 2.09. The molecule has 138 valence electrons. The van der Waals surface area contributed by atoms with E-state index in [2.05, 4.69) is 15.0 Å². The molecule has 0 atom stereocenters. The molecule has 0 saturated heterocycles. The quantitative estimate of drug-likeness (QED) is 0.384. The average molecular weight is 387 g/mol. The summed E-state index contributed by atoms with van der Waals surface area (Å²) in [6.45, 7) is 0. The number of aromatic nitrogens is 4. The van der Waals surface area contributed by atoms with E-state index in [0.717, 1.165) is 12.4 Å². The van der Waals surface area contributed by atoms with E-state index in [0.29, 0.717) is 11.4 Å². The summed E-state index contributed by atoms with van der Waals surface area (Å²) >= 11 is 5.12. The lowest BCUT2D eigenvalue weighted by Gasteiger charge is -2.11. The van der Waals surface area contributed by atoms with Crippen molar-refractivity contribution in [3.05, 3.63) is 72.0 Å². The minimum atomic E-state index is -0.742. The Kier molecular flexibility index (Phi) is 4.86. The van der Waals surface area contributed by atoms with Crippen LogP contribution in [0, 0.1) is 4.77 Å². The molecule has 0 radical (unpaired) electrons. The molecule has 0 spiro atoms. The molecular weight excluding hydrogens is 374 g/mol. The molecule has 0 aliphatic carbocycles. The Labute approximate surface area is 155 Å². The third-order valence-corrected chi connectivity index (χ3v) is 3.87. The predicted octanol–water partition coefficient (Wildman–Crippen LogP) is 0.736. The highest BCUT2D eigenvalue weighted by molar-refractivity contribution is 7.71. The summed E-state index contributed by atoms with van der Waals surface area (Å²) in [4.78, 5) is 45.4. The molecule has 0 aliphatic heterocycles. The molecule has 1 aromatic carbocycles. The van der Waals surface area contributed by atoms with Crippen molar-refractivity contribution in [1.29, 1.82) is 0 Å². The van der Waals surface area contributed by atoms with Gasteiger partial charge in [0, 0.05) is 12.4 Å². The molecule has 3 aromatic rings. The molecule has 11 heteroatoms. The van der Waals surface area contributed by atoms with Crippen LogP contribution >= 0.6 is 12.2 Å². The monoisotopic (exact) mass is 387 g/mol. The second-order valence-corrected chi connectivity index (χ2v) is 5.63. The van der Waals surface area contributed by atoms with Crippen molar-refractivity contribution < 1.29 is 9.84 Å². The fourth-order valence-electron chi connectivity index (χ4n) is 2.26. The number of nitrogens with one attached hydrogen (secondary N) is 3. The van der Waals surface area contributed by atoms with Gasteiger partial charge < -0.3 is 14.8 Å². The lowest BCUT2D eigenvalue weighted by atomic mass is 10.2. The van der Waals surface area contributed by atoms with Gasteiger partial charge in [-0.15, -0.1) is 0 Å². The van der Waals surface area contributed by atoms with Gasteiger partial charge in [-0.25, -0.2) is 9.79 Å². The van der Waals surface area contributed by atoms with Crippen LogP contribution in [0.3, 0.4) is 0 Å². The molecule has 0 saturated carbocycles. The van der Waals surface area contributed by atoms with Crippen molar-refractivity contribution in [3.63, 3.8) is 0 Å². The normalized spacial score (nSPS) is 11.0. The Morgan fingerprint density at radius 3 is 2.48 bits per heavy atom. The Morgan fingerprint density at radius 2 is 1.85 bits per heavy atom. The second kappa shape index (κ2) is 7.25. The molecule has 0 unspecified atom stereocenters. The number of hydrogen-bond donors (Lipinski definition) is 4. The minimum absolute atomic E-state index is 0.0262. The van der Waals surface area contributed by atoms with E-state index < -0.39 is 22.7 Å². The highest BCUT2D eigenvalue weighted by Gasteiger charge is 2.13. The third-order valence-electron chi connectivity index (χ3n) is 3.58. The summed E-state index contributed by atoms with van der Waals surface area (Å²) < 4.78 is 6.29. The number of rotatable bonds is 4. The first-order valence-corrected chi connectivity index (χ1v) is 7.90. The van der Waals surface area contributed by atoms with Crippen LogP contribution in [0.2, 0.25) is 0 Å². The number of benzene rings is 1. The molecule has 3 rings (SSSR count). The molecular formula is C16H13N5O5S. The number of ether oxygens (including phenoxy) is 1. The maximum Gasteiger partial charge on any atom is 0.325 e. The van der Waals surface area contributed by atoms with Gasteiger partial charge in [0.25, 0.3) is 11.1 Å². The first-order valence-electron chi connectivity index (χ1n) is 7.49. The van der Waals surface area contributed by atoms with Gasteiger partial charge in [-0.3, -0.25) is 24.1 Å². The fraction of sp³-hybridized carbons (Fsp3) is 0.0625. The largest absolute Gasteiger partial charge is 0.497 e. The van der Waals surface area contributed by atoms with E-state index >= 15 is 0 Å². The van der Waals surface area contributed by atoms with E-state index in [1.54, 1.807) is 24.3 Å². The average Bonchev–Trinajstić information content (AvgIpc) is 2.63. The summed E-state index contributed by atoms with van der Waals surface area (Å²) in [5.74, 6) is 0.145. The van der Waals surface area contributed by atoms with Crippen molar-refractivity contribution in [2.45, 2.75) is 0 Å². The molecule has 2 aromatic heterocycles. The van der Waals surface area contributed by atoms with Crippen LogP contribution in [0.25, 0.3) is 5.69 Å². The van der Waals surface area contributed by atoms with Gasteiger partial charge in [-0.2, -0.15) is 0 Å². The summed E-state index contributed by atoms with van der Waals surface area (Å²) in [6, 6.07) is 6.60. The molecule has 4 N–H and O–H groups in total. The van der Waals surface area contributed by atoms with Crippen LogP contribution in [-0.4, -0.2) is 37.9 Å². The zero-order valence-electron chi connectivity index (χ0n) is 13.8. The van der Waals surface area contributed by atoms with Gasteiger partial charge in [0.2, 0.25) is 5.88 Å². The third kappa shape index (κ3) is 3.62. The van der Waals surface area contributed by atoms with Crippen molar-refractivity contribution >= 4 is 24.1 Å². The second-order valence-electron chi connectivity index (χ2n) is 5.25. The fourth-order valence-corrected chi connectivity index (χ4v) is 2.54. The first-order chi connectivity index (χ1) is 12.9. The summed E-state index contributed by atoms with van der Waals surface area (Å²) in [5, 5.41) is 10.5. The van der Waals surface area contributed by atoms with Crippen molar-refractivity contribution in [2.75, 3.05) is 7.11 Å². The van der Waals surface area contributed by atoms with Gasteiger partial charge in [-0.1, -0.05) is 0 Å². The maximum atomic E-state index is 12.2. The molecule has 10 nitrogen and oxygen atoms in total. The number of aromatic amines is 3. The van der Waals surface area contributed by atoms with Crippen LogP contribution in [0.5, 0.6) is 11.6 Å². The van der Waals surface area contributed by atoms with Crippen molar-refractivity contribution in [3.8, 4) is 17.3 Å².